The molecule has 3 heteroatoms. The van der Waals surface area contributed by atoms with Crippen molar-refractivity contribution in [2.45, 2.75) is 25.0 Å². The fraction of sp³-hybridized carbons (Fsp3) is 0.571. The standard InChI is InChI=1S/C7H11NO2/c1-2-7(9)10-6-3-5(8)4-6/h2,5-6H,1,3-4,8H2. The van der Waals surface area contributed by atoms with Gasteiger partial charge < -0.3 is 10.5 Å². The first-order chi connectivity index (χ1) is 4.72. The number of nitrogens with two attached hydrogens (primary N) is 1. The van der Waals surface area contributed by atoms with Gasteiger partial charge in [0.1, 0.15) is 6.10 Å². The van der Waals surface area contributed by atoms with E-state index in [9.17, 15) is 4.79 Å². The second-order valence-corrected chi connectivity index (χ2v) is 2.49. The van der Waals surface area contributed by atoms with Crippen molar-refractivity contribution >= 4 is 5.97 Å². The SMILES string of the molecule is C=CC(=O)OC1CC(N)C1. The molecule has 0 bridgehead atoms. The molecule has 0 aromatic heterocycles. The summed E-state index contributed by atoms with van der Waals surface area (Å²) in [6.07, 6.45) is 2.80. The van der Waals surface area contributed by atoms with Crippen molar-refractivity contribution in [2.24, 2.45) is 5.73 Å². The lowest BCUT2D eigenvalue weighted by molar-refractivity contribution is -0.147. The van der Waals surface area contributed by atoms with Crippen molar-refractivity contribution in [3.8, 4) is 0 Å². The van der Waals surface area contributed by atoms with Gasteiger partial charge in [0.15, 0.2) is 0 Å². The number of esters is 1. The smallest absolute Gasteiger partial charge is 0.330 e. The van der Waals surface area contributed by atoms with E-state index in [2.05, 4.69) is 6.58 Å². The van der Waals surface area contributed by atoms with Crippen LogP contribution in [0.4, 0.5) is 0 Å². The Morgan fingerprint density at radius 2 is 2.30 bits per heavy atom. The molecule has 2 N–H and O–H groups in total. The Labute approximate surface area is 59.8 Å². The number of ether oxygens (including phenoxy) is 1. The molecule has 1 rings (SSSR count). The van der Waals surface area contributed by atoms with Crippen LogP contribution in [0.1, 0.15) is 12.8 Å². The molecule has 0 radical (unpaired) electrons. The van der Waals surface area contributed by atoms with Crippen LogP contribution in [0.3, 0.4) is 0 Å². The van der Waals surface area contributed by atoms with Gasteiger partial charge in [-0.1, -0.05) is 6.58 Å². The summed E-state index contributed by atoms with van der Waals surface area (Å²) >= 11 is 0. The van der Waals surface area contributed by atoms with Gasteiger partial charge in [-0.2, -0.15) is 0 Å². The van der Waals surface area contributed by atoms with E-state index < -0.39 is 0 Å². The zero-order valence-electron chi connectivity index (χ0n) is 5.75. The third-order valence-corrected chi connectivity index (χ3v) is 1.58. The predicted octanol–water partition coefficient (Wildman–Crippen LogP) is 0.205. The Kier molecular flexibility index (Phi) is 2.06. The van der Waals surface area contributed by atoms with Crippen molar-refractivity contribution < 1.29 is 9.53 Å². The van der Waals surface area contributed by atoms with Gasteiger partial charge in [0, 0.05) is 12.1 Å². The van der Waals surface area contributed by atoms with Crippen LogP contribution in [0, 0.1) is 0 Å². The van der Waals surface area contributed by atoms with Crippen LogP contribution in [-0.4, -0.2) is 18.1 Å². The third kappa shape index (κ3) is 1.57. The zero-order valence-corrected chi connectivity index (χ0v) is 5.75. The molecule has 0 amide bonds. The van der Waals surface area contributed by atoms with Crippen LogP contribution < -0.4 is 5.73 Å². The number of carbonyl (C=O) groups is 1. The fourth-order valence-electron chi connectivity index (χ4n) is 0.915. The molecule has 56 valence electrons. The van der Waals surface area contributed by atoms with E-state index in [1.807, 2.05) is 0 Å². The lowest BCUT2D eigenvalue weighted by Gasteiger charge is -2.31. The molecule has 1 fully saturated rings. The average molecular weight is 141 g/mol. The van der Waals surface area contributed by atoms with Crippen LogP contribution in [0.2, 0.25) is 0 Å². The summed E-state index contributed by atoms with van der Waals surface area (Å²) in [4.78, 5) is 10.5. The maximum absolute atomic E-state index is 10.5. The first-order valence-corrected chi connectivity index (χ1v) is 3.31. The van der Waals surface area contributed by atoms with E-state index in [4.69, 9.17) is 10.5 Å². The topological polar surface area (TPSA) is 52.3 Å². The van der Waals surface area contributed by atoms with Gasteiger partial charge in [0.2, 0.25) is 0 Å². The predicted molar refractivity (Wildman–Crippen MR) is 37.3 cm³/mol. The third-order valence-electron chi connectivity index (χ3n) is 1.58. The van der Waals surface area contributed by atoms with Gasteiger partial charge in [-0.15, -0.1) is 0 Å². The molecule has 0 unspecified atom stereocenters. The van der Waals surface area contributed by atoms with E-state index >= 15 is 0 Å². The van der Waals surface area contributed by atoms with Gasteiger partial charge in [0.25, 0.3) is 0 Å². The summed E-state index contributed by atoms with van der Waals surface area (Å²) in [5.41, 5.74) is 5.47. The van der Waals surface area contributed by atoms with Crippen molar-refractivity contribution in [1.29, 1.82) is 0 Å². The molecule has 3 nitrogen and oxygen atoms in total. The Morgan fingerprint density at radius 3 is 2.70 bits per heavy atom. The molecule has 1 aliphatic carbocycles. The number of rotatable bonds is 2. The highest BCUT2D eigenvalue weighted by Crippen LogP contribution is 2.21. The summed E-state index contributed by atoms with van der Waals surface area (Å²) in [6, 6.07) is 0.225. The van der Waals surface area contributed by atoms with E-state index in [1.165, 1.54) is 6.08 Å². The van der Waals surface area contributed by atoms with E-state index in [0.29, 0.717) is 0 Å². The maximum atomic E-state index is 10.5. The fourth-order valence-corrected chi connectivity index (χ4v) is 0.915. The normalized spacial score (nSPS) is 30.5. The molecule has 0 aromatic carbocycles. The minimum Gasteiger partial charge on any atom is -0.459 e. The molecule has 0 aliphatic heterocycles. The van der Waals surface area contributed by atoms with Crippen LogP contribution in [-0.2, 0) is 9.53 Å². The molecule has 0 aromatic rings. The van der Waals surface area contributed by atoms with Gasteiger partial charge in [-0.05, 0) is 12.8 Å². The maximum Gasteiger partial charge on any atom is 0.330 e. The first-order valence-electron chi connectivity index (χ1n) is 3.31. The van der Waals surface area contributed by atoms with Gasteiger partial charge in [-0.3, -0.25) is 0 Å². The Hall–Kier alpha value is -0.830. The van der Waals surface area contributed by atoms with E-state index in [0.717, 1.165) is 12.8 Å². The molecule has 1 saturated carbocycles. The van der Waals surface area contributed by atoms with Gasteiger partial charge in [-0.25, -0.2) is 4.79 Å². The Morgan fingerprint density at radius 1 is 1.70 bits per heavy atom. The highest BCUT2D eigenvalue weighted by molar-refractivity contribution is 5.81. The van der Waals surface area contributed by atoms with Crippen LogP contribution in [0.15, 0.2) is 12.7 Å². The molecule has 1 aliphatic rings. The second-order valence-electron chi connectivity index (χ2n) is 2.49. The van der Waals surface area contributed by atoms with Gasteiger partial charge in [0.05, 0.1) is 0 Å². The van der Waals surface area contributed by atoms with Gasteiger partial charge >= 0.3 is 5.97 Å². The van der Waals surface area contributed by atoms with Crippen LogP contribution >= 0.6 is 0 Å². The molecule has 0 heterocycles. The molecular weight excluding hydrogens is 130 g/mol. The summed E-state index contributed by atoms with van der Waals surface area (Å²) in [6.45, 7) is 3.29. The quantitative estimate of drug-likeness (QED) is 0.441. The first kappa shape index (κ1) is 7.28. The van der Waals surface area contributed by atoms with E-state index in [-0.39, 0.29) is 18.1 Å². The zero-order chi connectivity index (χ0) is 7.56. The lowest BCUT2D eigenvalue weighted by atomic mass is 9.90. The summed E-state index contributed by atoms with van der Waals surface area (Å²) < 4.78 is 4.87. The largest absolute Gasteiger partial charge is 0.459 e. The molecule has 0 atom stereocenters. The van der Waals surface area contributed by atoms with Crippen LogP contribution in [0.25, 0.3) is 0 Å². The van der Waals surface area contributed by atoms with E-state index in [1.54, 1.807) is 0 Å². The molecule has 0 spiro atoms. The Bertz CT molecular complexity index is 150. The summed E-state index contributed by atoms with van der Waals surface area (Å²) in [7, 11) is 0. The van der Waals surface area contributed by atoms with Crippen LogP contribution in [0.5, 0.6) is 0 Å². The van der Waals surface area contributed by atoms with Crippen molar-refractivity contribution in [2.75, 3.05) is 0 Å². The highest BCUT2D eigenvalue weighted by Gasteiger charge is 2.28. The van der Waals surface area contributed by atoms with Crippen molar-refractivity contribution in [3.05, 3.63) is 12.7 Å². The average Bonchev–Trinajstić information content (AvgIpc) is 1.84. The highest BCUT2D eigenvalue weighted by atomic mass is 16.5. The minimum atomic E-state index is -0.350. The number of carbonyl (C=O) groups excluding carboxylic acids is 1. The Balaban J connectivity index is 2.16. The molecule has 0 saturated heterocycles. The second kappa shape index (κ2) is 2.84. The summed E-state index contributed by atoms with van der Waals surface area (Å²) in [5.74, 6) is -0.350. The van der Waals surface area contributed by atoms with Crippen molar-refractivity contribution in [3.63, 3.8) is 0 Å². The lowest BCUT2D eigenvalue weighted by Crippen LogP contribution is -2.42. The molecular formula is C7H11NO2. The summed E-state index contributed by atoms with van der Waals surface area (Å²) in [5, 5.41) is 0. The molecule has 10 heavy (non-hydrogen) atoms. The number of hydrogen-bond donors (Lipinski definition) is 1. The number of hydrogen-bond acceptors (Lipinski definition) is 3. The minimum absolute atomic E-state index is 0.0421. The van der Waals surface area contributed by atoms with Crippen molar-refractivity contribution in [1.82, 2.24) is 0 Å². The monoisotopic (exact) mass is 141 g/mol.